The normalized spacial score (nSPS) is 20.3. The average Bonchev–Trinajstić information content (AvgIpc) is 1.96. The highest BCUT2D eigenvalue weighted by Gasteiger charge is 2.38. The van der Waals surface area contributed by atoms with Crippen molar-refractivity contribution in [3.05, 3.63) is 0 Å². The molecule has 1 rings (SSSR count). The number of halogens is 1. The molecule has 0 bridgehead atoms. The van der Waals surface area contributed by atoms with Crippen molar-refractivity contribution < 1.29 is 13.9 Å². The molecule has 70 valence electrons. The summed E-state index contributed by atoms with van der Waals surface area (Å²) in [5, 5.41) is 2.53. The summed E-state index contributed by atoms with van der Waals surface area (Å²) in [4.78, 5) is 11.0. The molecule has 0 spiro atoms. The Hall–Kier alpha value is -0.640. The lowest BCUT2D eigenvalue weighted by molar-refractivity contribution is -0.137. The lowest BCUT2D eigenvalue weighted by Crippen LogP contribution is -2.54. The van der Waals surface area contributed by atoms with E-state index >= 15 is 0 Å². The van der Waals surface area contributed by atoms with Gasteiger partial charge >= 0.3 is 0 Å². The lowest BCUT2D eigenvalue weighted by atomic mass is 10.0. The zero-order valence-electron chi connectivity index (χ0n) is 7.39. The van der Waals surface area contributed by atoms with Crippen LogP contribution < -0.4 is 5.32 Å². The van der Waals surface area contributed by atoms with Gasteiger partial charge < -0.3 is 10.1 Å². The van der Waals surface area contributed by atoms with E-state index in [0.717, 1.165) is 0 Å². The van der Waals surface area contributed by atoms with Gasteiger partial charge in [-0.05, 0) is 0 Å². The van der Waals surface area contributed by atoms with E-state index in [4.69, 9.17) is 4.74 Å². The molecule has 1 N–H and O–H groups in total. The van der Waals surface area contributed by atoms with Crippen molar-refractivity contribution >= 4 is 5.91 Å². The number of rotatable bonds is 3. The van der Waals surface area contributed by atoms with Gasteiger partial charge in [-0.25, -0.2) is 4.39 Å². The maximum Gasteiger partial charge on any atom is 0.222 e. The fraction of sp³-hybridized carbons (Fsp3) is 0.875. The van der Waals surface area contributed by atoms with Gasteiger partial charge in [0.15, 0.2) is 5.67 Å². The third-order valence-electron chi connectivity index (χ3n) is 1.83. The van der Waals surface area contributed by atoms with Crippen LogP contribution in [-0.4, -0.2) is 31.3 Å². The summed E-state index contributed by atoms with van der Waals surface area (Å²) < 4.78 is 17.9. The van der Waals surface area contributed by atoms with Gasteiger partial charge in [0.1, 0.15) is 0 Å². The number of ether oxygens (including phenoxy) is 1. The molecule has 0 aromatic heterocycles. The first-order valence-electron chi connectivity index (χ1n) is 4.08. The molecule has 1 aliphatic rings. The standard InChI is InChI=1S/C8H14FNO2/c1-6(2)7(11)10-3-8(9)4-12-5-8/h6H,3-5H2,1-2H3,(H,10,11). The molecule has 1 heterocycles. The monoisotopic (exact) mass is 175 g/mol. The van der Waals surface area contributed by atoms with Crippen molar-refractivity contribution in [1.82, 2.24) is 5.32 Å². The first-order chi connectivity index (χ1) is 5.53. The number of alkyl halides is 1. The molecule has 0 saturated carbocycles. The zero-order valence-corrected chi connectivity index (χ0v) is 7.39. The maximum atomic E-state index is 13.2. The van der Waals surface area contributed by atoms with Crippen LogP contribution >= 0.6 is 0 Å². The highest BCUT2D eigenvalue weighted by molar-refractivity contribution is 5.77. The molecule has 0 aromatic carbocycles. The predicted octanol–water partition coefficient (Wildman–Crippen LogP) is 0.497. The third-order valence-corrected chi connectivity index (χ3v) is 1.83. The summed E-state index contributed by atoms with van der Waals surface area (Å²) in [5.41, 5.74) is -1.31. The molecular weight excluding hydrogens is 161 g/mol. The minimum atomic E-state index is -1.31. The van der Waals surface area contributed by atoms with E-state index in [2.05, 4.69) is 5.32 Å². The van der Waals surface area contributed by atoms with E-state index < -0.39 is 5.67 Å². The van der Waals surface area contributed by atoms with E-state index in [1.807, 2.05) is 0 Å². The molecule has 0 unspecified atom stereocenters. The molecule has 12 heavy (non-hydrogen) atoms. The Morgan fingerprint density at radius 3 is 2.58 bits per heavy atom. The second-order valence-corrected chi connectivity index (χ2v) is 3.52. The van der Waals surface area contributed by atoms with Crippen molar-refractivity contribution in [2.45, 2.75) is 19.5 Å². The number of carbonyl (C=O) groups excluding carboxylic acids is 1. The Bertz CT molecular complexity index is 178. The summed E-state index contributed by atoms with van der Waals surface area (Å²) in [5.74, 6) is -0.200. The van der Waals surface area contributed by atoms with E-state index in [0.29, 0.717) is 0 Å². The van der Waals surface area contributed by atoms with Gasteiger partial charge in [-0.3, -0.25) is 4.79 Å². The van der Waals surface area contributed by atoms with E-state index in [-0.39, 0.29) is 31.6 Å². The van der Waals surface area contributed by atoms with Crippen LogP contribution in [0.4, 0.5) is 4.39 Å². The first kappa shape index (κ1) is 9.45. The molecule has 0 aliphatic carbocycles. The SMILES string of the molecule is CC(C)C(=O)NCC1(F)COC1. The van der Waals surface area contributed by atoms with Gasteiger partial charge in [-0.2, -0.15) is 0 Å². The number of hydrogen-bond donors (Lipinski definition) is 1. The molecular formula is C8H14FNO2. The van der Waals surface area contributed by atoms with Crippen LogP contribution in [0.15, 0.2) is 0 Å². The number of nitrogens with one attached hydrogen (secondary N) is 1. The molecule has 3 nitrogen and oxygen atoms in total. The highest BCUT2D eigenvalue weighted by Crippen LogP contribution is 2.20. The van der Waals surface area contributed by atoms with Gasteiger partial charge in [0.25, 0.3) is 0 Å². The smallest absolute Gasteiger partial charge is 0.222 e. The van der Waals surface area contributed by atoms with Crippen molar-refractivity contribution in [2.75, 3.05) is 19.8 Å². The van der Waals surface area contributed by atoms with Crippen LogP contribution in [-0.2, 0) is 9.53 Å². The van der Waals surface area contributed by atoms with Crippen LogP contribution in [0.25, 0.3) is 0 Å². The van der Waals surface area contributed by atoms with Crippen molar-refractivity contribution in [3.8, 4) is 0 Å². The minimum absolute atomic E-state index is 0.0734. The van der Waals surface area contributed by atoms with Crippen molar-refractivity contribution in [2.24, 2.45) is 5.92 Å². The number of carbonyl (C=O) groups is 1. The highest BCUT2D eigenvalue weighted by atomic mass is 19.1. The van der Waals surface area contributed by atoms with Crippen molar-refractivity contribution in [3.63, 3.8) is 0 Å². The molecule has 1 amide bonds. The van der Waals surface area contributed by atoms with Crippen LogP contribution in [0, 0.1) is 5.92 Å². The summed E-state index contributed by atoms with van der Waals surface area (Å²) >= 11 is 0. The average molecular weight is 175 g/mol. The van der Waals surface area contributed by atoms with Gasteiger partial charge in [0, 0.05) is 5.92 Å². The Morgan fingerprint density at radius 1 is 1.67 bits per heavy atom. The van der Waals surface area contributed by atoms with Crippen LogP contribution in [0.5, 0.6) is 0 Å². The summed E-state index contributed by atoms with van der Waals surface area (Å²) in [6, 6.07) is 0. The summed E-state index contributed by atoms with van der Waals surface area (Å²) in [6.07, 6.45) is 0. The first-order valence-corrected chi connectivity index (χ1v) is 4.08. The third kappa shape index (κ3) is 2.17. The lowest BCUT2D eigenvalue weighted by Gasteiger charge is -2.33. The minimum Gasteiger partial charge on any atom is -0.374 e. The quantitative estimate of drug-likeness (QED) is 0.678. The predicted molar refractivity (Wildman–Crippen MR) is 42.5 cm³/mol. The van der Waals surface area contributed by atoms with Crippen LogP contribution in [0.3, 0.4) is 0 Å². The largest absolute Gasteiger partial charge is 0.374 e. The van der Waals surface area contributed by atoms with E-state index in [9.17, 15) is 9.18 Å². The van der Waals surface area contributed by atoms with E-state index in [1.54, 1.807) is 13.8 Å². The molecule has 0 aromatic rings. The summed E-state index contributed by atoms with van der Waals surface area (Å²) in [6.45, 7) is 3.83. The maximum absolute atomic E-state index is 13.2. The zero-order chi connectivity index (χ0) is 9.19. The fourth-order valence-corrected chi connectivity index (χ4v) is 0.875. The Labute approximate surface area is 71.3 Å². The van der Waals surface area contributed by atoms with Gasteiger partial charge in [-0.1, -0.05) is 13.8 Å². The molecule has 0 atom stereocenters. The number of amides is 1. The fourth-order valence-electron chi connectivity index (χ4n) is 0.875. The Balaban J connectivity index is 2.21. The molecule has 4 heteroatoms. The molecule has 0 radical (unpaired) electrons. The second kappa shape index (κ2) is 3.39. The van der Waals surface area contributed by atoms with Crippen molar-refractivity contribution in [1.29, 1.82) is 0 Å². The van der Waals surface area contributed by atoms with Gasteiger partial charge in [0.05, 0.1) is 19.8 Å². The molecule has 1 aliphatic heterocycles. The number of hydrogen-bond acceptors (Lipinski definition) is 2. The molecule has 1 fully saturated rings. The van der Waals surface area contributed by atoms with E-state index in [1.165, 1.54) is 0 Å². The Morgan fingerprint density at radius 2 is 2.25 bits per heavy atom. The van der Waals surface area contributed by atoms with Gasteiger partial charge in [-0.15, -0.1) is 0 Å². The summed E-state index contributed by atoms with van der Waals surface area (Å²) in [7, 11) is 0. The van der Waals surface area contributed by atoms with Crippen LogP contribution in [0.1, 0.15) is 13.8 Å². The van der Waals surface area contributed by atoms with Crippen LogP contribution in [0.2, 0.25) is 0 Å². The topological polar surface area (TPSA) is 38.3 Å². The second-order valence-electron chi connectivity index (χ2n) is 3.52. The van der Waals surface area contributed by atoms with Gasteiger partial charge in [0.2, 0.25) is 5.91 Å². The Kier molecular flexibility index (Phi) is 2.67. The molecule has 1 saturated heterocycles.